The summed E-state index contributed by atoms with van der Waals surface area (Å²) < 4.78 is 10.9. The van der Waals surface area contributed by atoms with Crippen molar-refractivity contribution in [2.75, 3.05) is 51.0 Å². The molecule has 1 atom stereocenters. The van der Waals surface area contributed by atoms with Crippen LogP contribution in [0.15, 0.2) is 12.2 Å². The maximum Gasteiger partial charge on any atom is 0.246 e. The highest BCUT2D eigenvalue weighted by Gasteiger charge is 2.11. The third-order valence-electron chi connectivity index (χ3n) is 3.44. The van der Waals surface area contributed by atoms with Gasteiger partial charge in [-0.05, 0) is 31.9 Å². The summed E-state index contributed by atoms with van der Waals surface area (Å²) >= 11 is 1.83. The summed E-state index contributed by atoms with van der Waals surface area (Å²) in [6.45, 7) is 12.9. The van der Waals surface area contributed by atoms with Crippen molar-refractivity contribution in [2.45, 2.75) is 40.0 Å². The third kappa shape index (κ3) is 15.2. The lowest BCUT2D eigenvalue weighted by molar-refractivity contribution is -0.123. The molecule has 0 aromatic carbocycles. The topological polar surface area (TPSA) is 76.7 Å². The first-order chi connectivity index (χ1) is 12.5. The largest absolute Gasteiger partial charge is 0.379 e. The molecule has 26 heavy (non-hydrogen) atoms. The van der Waals surface area contributed by atoms with E-state index in [1.165, 1.54) is 0 Å². The SMILES string of the molecule is C=C(C)C(=O)NCCCOCCOCCCNC(=O)C(C)CSCCC. The number of carbonyl (C=O) groups excluding carboxylic acids is 2. The summed E-state index contributed by atoms with van der Waals surface area (Å²) in [6, 6.07) is 0. The van der Waals surface area contributed by atoms with Crippen LogP contribution in [0.1, 0.15) is 40.0 Å². The molecule has 0 spiro atoms. The van der Waals surface area contributed by atoms with Crippen LogP contribution in [0.4, 0.5) is 0 Å². The van der Waals surface area contributed by atoms with E-state index in [9.17, 15) is 9.59 Å². The van der Waals surface area contributed by atoms with E-state index in [2.05, 4.69) is 24.1 Å². The van der Waals surface area contributed by atoms with Gasteiger partial charge in [-0.15, -0.1) is 0 Å². The molecule has 0 fully saturated rings. The molecule has 0 saturated heterocycles. The summed E-state index contributed by atoms with van der Waals surface area (Å²) in [5.41, 5.74) is 0.514. The Bertz CT molecular complexity index is 405. The molecule has 152 valence electrons. The van der Waals surface area contributed by atoms with Gasteiger partial charge in [0.2, 0.25) is 11.8 Å². The van der Waals surface area contributed by atoms with Gasteiger partial charge < -0.3 is 20.1 Å². The Morgan fingerprint density at radius 1 is 1.04 bits per heavy atom. The van der Waals surface area contributed by atoms with Crippen molar-refractivity contribution < 1.29 is 19.1 Å². The highest BCUT2D eigenvalue weighted by molar-refractivity contribution is 7.99. The average molecular weight is 389 g/mol. The van der Waals surface area contributed by atoms with E-state index in [4.69, 9.17) is 9.47 Å². The van der Waals surface area contributed by atoms with Gasteiger partial charge in [0, 0.05) is 43.5 Å². The highest BCUT2D eigenvalue weighted by Crippen LogP contribution is 2.09. The van der Waals surface area contributed by atoms with Crippen molar-refractivity contribution in [1.82, 2.24) is 10.6 Å². The van der Waals surface area contributed by atoms with Gasteiger partial charge in [0.05, 0.1) is 13.2 Å². The van der Waals surface area contributed by atoms with Gasteiger partial charge in [0.1, 0.15) is 0 Å². The summed E-state index contributed by atoms with van der Waals surface area (Å²) in [5.74, 6) is 2.05. The van der Waals surface area contributed by atoms with Crippen LogP contribution in [0.5, 0.6) is 0 Å². The molecule has 0 heterocycles. The van der Waals surface area contributed by atoms with E-state index < -0.39 is 0 Å². The molecular weight excluding hydrogens is 352 g/mol. The zero-order valence-corrected chi connectivity index (χ0v) is 17.4. The second-order valence-corrected chi connectivity index (χ2v) is 7.38. The van der Waals surface area contributed by atoms with Gasteiger partial charge in [0.25, 0.3) is 0 Å². The number of carbonyl (C=O) groups is 2. The van der Waals surface area contributed by atoms with E-state index >= 15 is 0 Å². The van der Waals surface area contributed by atoms with Crippen molar-refractivity contribution in [2.24, 2.45) is 5.92 Å². The second kappa shape index (κ2) is 17.4. The third-order valence-corrected chi connectivity index (χ3v) is 4.87. The van der Waals surface area contributed by atoms with Gasteiger partial charge in [0.15, 0.2) is 0 Å². The number of thioether (sulfide) groups is 1. The van der Waals surface area contributed by atoms with E-state index in [0.717, 1.165) is 30.8 Å². The molecule has 1 unspecified atom stereocenters. The fourth-order valence-electron chi connectivity index (χ4n) is 1.89. The van der Waals surface area contributed by atoms with Crippen LogP contribution in [0, 0.1) is 5.92 Å². The molecule has 0 saturated carbocycles. The lowest BCUT2D eigenvalue weighted by Gasteiger charge is -2.12. The molecule has 6 nitrogen and oxygen atoms in total. The first kappa shape index (κ1) is 24.9. The van der Waals surface area contributed by atoms with Gasteiger partial charge in [-0.1, -0.05) is 20.4 Å². The Balaban J connectivity index is 3.32. The van der Waals surface area contributed by atoms with Crippen molar-refractivity contribution in [3.8, 4) is 0 Å². The molecule has 0 aromatic rings. The van der Waals surface area contributed by atoms with Crippen LogP contribution < -0.4 is 10.6 Å². The maximum atomic E-state index is 11.9. The molecule has 0 aliphatic rings. The first-order valence-electron chi connectivity index (χ1n) is 9.43. The Hall–Kier alpha value is -1.05. The average Bonchev–Trinajstić information content (AvgIpc) is 2.62. The van der Waals surface area contributed by atoms with Crippen LogP contribution in [-0.4, -0.2) is 62.8 Å². The summed E-state index contributed by atoms with van der Waals surface area (Å²) in [6.07, 6.45) is 2.71. The monoisotopic (exact) mass is 388 g/mol. The normalized spacial score (nSPS) is 11.8. The van der Waals surface area contributed by atoms with Crippen molar-refractivity contribution in [1.29, 1.82) is 0 Å². The van der Waals surface area contributed by atoms with Crippen LogP contribution >= 0.6 is 11.8 Å². The molecule has 7 heteroatoms. The van der Waals surface area contributed by atoms with Crippen LogP contribution in [0.2, 0.25) is 0 Å². The smallest absolute Gasteiger partial charge is 0.246 e. The number of amides is 2. The van der Waals surface area contributed by atoms with Gasteiger partial charge in [-0.25, -0.2) is 0 Å². The second-order valence-electron chi connectivity index (χ2n) is 6.24. The molecule has 0 aromatic heterocycles. The molecule has 2 amide bonds. The molecular formula is C19H36N2O4S. The van der Waals surface area contributed by atoms with Crippen LogP contribution in [0.3, 0.4) is 0 Å². The van der Waals surface area contributed by atoms with Crippen molar-refractivity contribution in [3.05, 3.63) is 12.2 Å². The number of hydrogen-bond donors (Lipinski definition) is 2. The standard InChI is InChI=1S/C19H36N2O4S/c1-5-14-26-15-17(4)19(23)21-9-7-11-25-13-12-24-10-6-8-20-18(22)16(2)3/h17H,2,5-15H2,1,3-4H3,(H,20,22)(H,21,23). The highest BCUT2D eigenvalue weighted by atomic mass is 32.2. The molecule has 2 N–H and O–H groups in total. The molecule has 0 aliphatic carbocycles. The summed E-state index contributed by atoms with van der Waals surface area (Å²) in [4.78, 5) is 23.1. The zero-order chi connectivity index (χ0) is 19.6. The molecule has 0 rings (SSSR count). The number of hydrogen-bond acceptors (Lipinski definition) is 5. The van der Waals surface area contributed by atoms with Gasteiger partial charge >= 0.3 is 0 Å². The van der Waals surface area contributed by atoms with E-state index in [-0.39, 0.29) is 17.7 Å². The molecule has 0 radical (unpaired) electrons. The maximum absolute atomic E-state index is 11.9. The van der Waals surface area contributed by atoms with E-state index in [1.54, 1.807) is 6.92 Å². The van der Waals surface area contributed by atoms with Crippen LogP contribution in [-0.2, 0) is 19.1 Å². The Labute approximate surface area is 162 Å². The van der Waals surface area contributed by atoms with E-state index in [1.807, 2.05) is 18.7 Å². The minimum absolute atomic E-state index is 0.0565. The Morgan fingerprint density at radius 2 is 1.62 bits per heavy atom. The predicted molar refractivity (Wildman–Crippen MR) is 108 cm³/mol. The lowest BCUT2D eigenvalue weighted by atomic mass is 10.2. The Kier molecular flexibility index (Phi) is 16.7. The number of nitrogens with one attached hydrogen (secondary N) is 2. The van der Waals surface area contributed by atoms with E-state index in [0.29, 0.717) is 45.1 Å². The fourth-order valence-corrected chi connectivity index (χ4v) is 2.85. The molecule has 0 aliphatic heterocycles. The number of ether oxygens (including phenoxy) is 2. The van der Waals surface area contributed by atoms with Crippen molar-refractivity contribution >= 4 is 23.6 Å². The minimum atomic E-state index is -0.116. The minimum Gasteiger partial charge on any atom is -0.379 e. The molecule has 0 bridgehead atoms. The predicted octanol–water partition coefficient (Wildman–Crippen LogP) is 2.39. The fraction of sp³-hybridized carbons (Fsp3) is 0.789. The zero-order valence-electron chi connectivity index (χ0n) is 16.6. The summed E-state index contributed by atoms with van der Waals surface area (Å²) in [7, 11) is 0. The van der Waals surface area contributed by atoms with Gasteiger partial charge in [-0.2, -0.15) is 11.8 Å². The quantitative estimate of drug-likeness (QED) is 0.296. The van der Waals surface area contributed by atoms with Crippen molar-refractivity contribution in [3.63, 3.8) is 0 Å². The number of rotatable bonds is 17. The first-order valence-corrected chi connectivity index (χ1v) is 10.6. The van der Waals surface area contributed by atoms with Gasteiger partial charge in [-0.3, -0.25) is 9.59 Å². The van der Waals surface area contributed by atoms with Crippen LogP contribution in [0.25, 0.3) is 0 Å². The summed E-state index contributed by atoms with van der Waals surface area (Å²) in [5, 5.41) is 5.70. The Morgan fingerprint density at radius 3 is 2.15 bits per heavy atom. The lowest BCUT2D eigenvalue weighted by Crippen LogP contribution is -2.31.